The van der Waals surface area contributed by atoms with Crippen molar-refractivity contribution >= 4 is 11.0 Å². The molecule has 0 bridgehead atoms. The molecule has 0 saturated carbocycles. The monoisotopic (exact) mass is 250 g/mol. The van der Waals surface area contributed by atoms with Gasteiger partial charge in [-0.2, -0.15) is 0 Å². The molecular formula is C17H18N2. The number of fused-ring (bicyclic) bond motifs is 1. The van der Waals surface area contributed by atoms with E-state index in [1.807, 2.05) is 6.07 Å². The Bertz CT molecular complexity index is 696. The van der Waals surface area contributed by atoms with Crippen molar-refractivity contribution in [2.45, 2.75) is 19.8 Å². The molecule has 1 aromatic heterocycles. The van der Waals surface area contributed by atoms with E-state index in [1.165, 1.54) is 23.1 Å². The quantitative estimate of drug-likeness (QED) is 0.681. The van der Waals surface area contributed by atoms with Crippen molar-refractivity contribution in [3.63, 3.8) is 0 Å². The summed E-state index contributed by atoms with van der Waals surface area (Å²) in [6.45, 7) is 2.21. The molecule has 3 rings (SSSR count). The molecule has 0 unspecified atom stereocenters. The third-order valence-corrected chi connectivity index (χ3v) is 3.52. The zero-order chi connectivity index (χ0) is 13.2. The van der Waals surface area contributed by atoms with Crippen LogP contribution in [0.25, 0.3) is 22.4 Å². The fourth-order valence-corrected chi connectivity index (χ4v) is 2.52. The number of imidazole rings is 1. The van der Waals surface area contributed by atoms with Gasteiger partial charge in [-0.05, 0) is 24.1 Å². The highest BCUT2D eigenvalue weighted by atomic mass is 15.1. The molecule has 0 aliphatic carbocycles. The minimum Gasteiger partial charge on any atom is -0.327 e. The molecule has 96 valence electrons. The fourth-order valence-electron chi connectivity index (χ4n) is 2.52. The summed E-state index contributed by atoms with van der Waals surface area (Å²) in [5.41, 5.74) is 4.84. The summed E-state index contributed by atoms with van der Waals surface area (Å²) in [5, 5.41) is 0. The van der Waals surface area contributed by atoms with Crippen LogP contribution < -0.4 is 0 Å². The predicted molar refractivity (Wildman–Crippen MR) is 80.1 cm³/mol. The smallest absolute Gasteiger partial charge is 0.140 e. The van der Waals surface area contributed by atoms with E-state index >= 15 is 0 Å². The first-order valence-corrected chi connectivity index (χ1v) is 6.80. The molecule has 0 radical (unpaired) electrons. The molecule has 2 heteroatoms. The fraction of sp³-hybridized carbons (Fsp3) is 0.235. The Morgan fingerprint density at radius 3 is 2.58 bits per heavy atom. The first-order valence-electron chi connectivity index (χ1n) is 6.80. The number of benzene rings is 2. The molecule has 0 atom stereocenters. The summed E-state index contributed by atoms with van der Waals surface area (Å²) in [4.78, 5) is 4.75. The average molecular weight is 250 g/mol. The lowest BCUT2D eigenvalue weighted by Gasteiger charge is -2.03. The van der Waals surface area contributed by atoms with Crippen LogP contribution in [0.15, 0.2) is 48.5 Å². The van der Waals surface area contributed by atoms with E-state index in [1.54, 1.807) is 0 Å². The minimum atomic E-state index is 1.03. The molecule has 1 heterocycles. The molecule has 19 heavy (non-hydrogen) atoms. The largest absolute Gasteiger partial charge is 0.327 e. The molecular weight excluding hydrogens is 232 g/mol. The number of aryl methyl sites for hydroxylation is 2. The van der Waals surface area contributed by atoms with Gasteiger partial charge in [0.2, 0.25) is 0 Å². The van der Waals surface area contributed by atoms with Gasteiger partial charge >= 0.3 is 0 Å². The van der Waals surface area contributed by atoms with E-state index in [9.17, 15) is 0 Å². The van der Waals surface area contributed by atoms with Gasteiger partial charge in [-0.1, -0.05) is 49.7 Å². The normalized spacial score (nSPS) is 11.1. The number of rotatable bonds is 3. The first-order chi connectivity index (χ1) is 9.29. The van der Waals surface area contributed by atoms with Crippen LogP contribution >= 0.6 is 0 Å². The van der Waals surface area contributed by atoms with Crippen LogP contribution in [0.4, 0.5) is 0 Å². The maximum atomic E-state index is 4.75. The van der Waals surface area contributed by atoms with Crippen molar-refractivity contribution in [3.05, 3.63) is 54.1 Å². The van der Waals surface area contributed by atoms with Crippen LogP contribution in [0.2, 0.25) is 0 Å². The lowest BCUT2D eigenvalue weighted by Crippen LogP contribution is -1.92. The Hall–Kier alpha value is -2.09. The van der Waals surface area contributed by atoms with Gasteiger partial charge in [0.15, 0.2) is 0 Å². The van der Waals surface area contributed by atoms with Crippen molar-refractivity contribution in [1.82, 2.24) is 9.55 Å². The number of aromatic nitrogens is 2. The summed E-state index contributed by atoms with van der Waals surface area (Å²) < 4.78 is 2.18. The Morgan fingerprint density at radius 1 is 1.05 bits per heavy atom. The van der Waals surface area contributed by atoms with Crippen molar-refractivity contribution in [3.8, 4) is 11.4 Å². The van der Waals surface area contributed by atoms with Gasteiger partial charge in [0.1, 0.15) is 5.82 Å². The maximum Gasteiger partial charge on any atom is 0.140 e. The molecule has 2 aromatic carbocycles. The highest BCUT2D eigenvalue weighted by molar-refractivity contribution is 5.81. The van der Waals surface area contributed by atoms with Crippen LogP contribution in [0.3, 0.4) is 0 Å². The van der Waals surface area contributed by atoms with Crippen molar-refractivity contribution < 1.29 is 0 Å². The molecule has 0 aliphatic heterocycles. The summed E-state index contributed by atoms with van der Waals surface area (Å²) in [6.07, 6.45) is 2.30. The van der Waals surface area contributed by atoms with Gasteiger partial charge in [-0.3, -0.25) is 0 Å². The molecule has 0 spiro atoms. The molecule has 3 aromatic rings. The second-order valence-electron chi connectivity index (χ2n) is 4.93. The number of hydrogen-bond donors (Lipinski definition) is 0. The molecule has 0 amide bonds. The first kappa shape index (κ1) is 12.0. The maximum absolute atomic E-state index is 4.75. The van der Waals surface area contributed by atoms with E-state index in [0.29, 0.717) is 0 Å². The van der Waals surface area contributed by atoms with E-state index in [4.69, 9.17) is 4.98 Å². The second kappa shape index (κ2) is 4.88. The van der Waals surface area contributed by atoms with Crippen LogP contribution in [0, 0.1) is 0 Å². The van der Waals surface area contributed by atoms with Gasteiger partial charge in [0.25, 0.3) is 0 Å². The SMILES string of the molecule is CCCc1ccc2nc(-c3ccccc3)n(C)c2c1. The van der Waals surface area contributed by atoms with Crippen LogP contribution in [-0.2, 0) is 13.5 Å². The van der Waals surface area contributed by atoms with Gasteiger partial charge < -0.3 is 4.57 Å². The molecule has 0 saturated heterocycles. The highest BCUT2D eigenvalue weighted by Gasteiger charge is 2.09. The molecule has 0 fully saturated rings. The zero-order valence-electron chi connectivity index (χ0n) is 11.4. The van der Waals surface area contributed by atoms with Crippen LogP contribution in [0.1, 0.15) is 18.9 Å². The second-order valence-corrected chi connectivity index (χ2v) is 4.93. The summed E-state index contributed by atoms with van der Waals surface area (Å²) >= 11 is 0. The Morgan fingerprint density at radius 2 is 1.84 bits per heavy atom. The van der Waals surface area contributed by atoms with Crippen molar-refractivity contribution in [2.24, 2.45) is 7.05 Å². The minimum absolute atomic E-state index is 1.03. The lowest BCUT2D eigenvalue weighted by molar-refractivity contribution is 0.918. The van der Waals surface area contributed by atoms with E-state index in [2.05, 4.69) is 61.0 Å². The average Bonchev–Trinajstić information content (AvgIpc) is 2.78. The lowest BCUT2D eigenvalue weighted by atomic mass is 10.1. The third-order valence-electron chi connectivity index (χ3n) is 3.52. The van der Waals surface area contributed by atoms with Crippen LogP contribution in [-0.4, -0.2) is 9.55 Å². The van der Waals surface area contributed by atoms with Gasteiger partial charge in [0.05, 0.1) is 11.0 Å². The zero-order valence-corrected chi connectivity index (χ0v) is 11.4. The summed E-state index contributed by atoms with van der Waals surface area (Å²) in [5.74, 6) is 1.03. The standard InChI is InChI=1S/C17H18N2/c1-3-7-13-10-11-15-16(12-13)19(2)17(18-15)14-8-5-4-6-9-14/h4-6,8-12H,3,7H2,1-2H3. The number of hydrogen-bond acceptors (Lipinski definition) is 1. The summed E-state index contributed by atoms with van der Waals surface area (Å²) in [7, 11) is 2.09. The topological polar surface area (TPSA) is 17.8 Å². The van der Waals surface area contributed by atoms with Crippen LogP contribution in [0.5, 0.6) is 0 Å². The molecule has 2 nitrogen and oxygen atoms in total. The van der Waals surface area contributed by atoms with Gasteiger partial charge in [0, 0.05) is 12.6 Å². The number of nitrogens with zero attached hydrogens (tertiary/aromatic N) is 2. The summed E-state index contributed by atoms with van der Waals surface area (Å²) in [6, 6.07) is 16.9. The van der Waals surface area contributed by atoms with Crippen molar-refractivity contribution in [2.75, 3.05) is 0 Å². The highest BCUT2D eigenvalue weighted by Crippen LogP contribution is 2.24. The molecule has 0 N–H and O–H groups in total. The Kier molecular flexibility index (Phi) is 3.08. The Labute approximate surface area is 113 Å². The third kappa shape index (κ3) is 2.14. The van der Waals surface area contributed by atoms with Gasteiger partial charge in [-0.25, -0.2) is 4.98 Å². The van der Waals surface area contributed by atoms with Crippen molar-refractivity contribution in [1.29, 1.82) is 0 Å². The predicted octanol–water partition coefficient (Wildman–Crippen LogP) is 4.19. The van der Waals surface area contributed by atoms with E-state index in [-0.39, 0.29) is 0 Å². The van der Waals surface area contributed by atoms with E-state index < -0.39 is 0 Å². The molecule has 0 aliphatic rings. The van der Waals surface area contributed by atoms with Gasteiger partial charge in [-0.15, -0.1) is 0 Å². The Balaban J connectivity index is 2.15. The van der Waals surface area contributed by atoms with E-state index in [0.717, 1.165) is 17.8 Å².